The summed E-state index contributed by atoms with van der Waals surface area (Å²) in [6.07, 6.45) is 2.02. The molecular weight excluding hydrogens is 156 g/mol. The van der Waals surface area contributed by atoms with Gasteiger partial charge in [0.15, 0.2) is 0 Å². The summed E-state index contributed by atoms with van der Waals surface area (Å²) in [6.45, 7) is 3.91. The zero-order valence-corrected chi connectivity index (χ0v) is 7.34. The zero-order chi connectivity index (χ0) is 8.60. The van der Waals surface area contributed by atoms with Crippen LogP contribution in [0.3, 0.4) is 0 Å². The first-order valence-corrected chi connectivity index (χ1v) is 4.53. The third-order valence-electron chi connectivity index (χ3n) is 2.89. The molecule has 3 nitrogen and oxygen atoms in total. The van der Waals surface area contributed by atoms with E-state index in [1.807, 2.05) is 6.92 Å². The molecule has 0 amide bonds. The van der Waals surface area contributed by atoms with Crippen LogP contribution >= 0.6 is 0 Å². The number of carbonyl (C=O) groups excluding carboxylic acids is 1. The lowest BCUT2D eigenvalue weighted by Gasteiger charge is -2.04. The van der Waals surface area contributed by atoms with Crippen LogP contribution in [0.15, 0.2) is 0 Å². The van der Waals surface area contributed by atoms with Crippen molar-refractivity contribution in [2.45, 2.75) is 19.8 Å². The number of carbonyl (C=O) groups is 1. The van der Waals surface area contributed by atoms with E-state index in [1.165, 1.54) is 0 Å². The molecule has 0 aromatic carbocycles. The average Bonchev–Trinajstić information content (AvgIpc) is 2.51. The first kappa shape index (κ1) is 8.05. The van der Waals surface area contributed by atoms with Gasteiger partial charge in [-0.05, 0) is 19.8 Å². The first-order chi connectivity index (χ1) is 5.78. The molecule has 1 aliphatic heterocycles. The van der Waals surface area contributed by atoms with Crippen molar-refractivity contribution in [2.24, 2.45) is 11.3 Å². The Morgan fingerprint density at radius 2 is 2.58 bits per heavy atom. The maximum absolute atomic E-state index is 11.3. The predicted octanol–water partition coefficient (Wildman–Crippen LogP) is 0.976. The lowest BCUT2D eigenvalue weighted by atomic mass is 10.0. The highest BCUT2D eigenvalue weighted by atomic mass is 16.5. The van der Waals surface area contributed by atoms with Crippen molar-refractivity contribution in [3.05, 3.63) is 0 Å². The molecule has 0 N–H and O–H groups in total. The molecule has 2 unspecified atom stereocenters. The van der Waals surface area contributed by atoms with Gasteiger partial charge >= 0.3 is 5.97 Å². The third kappa shape index (κ3) is 1.12. The molecule has 0 radical (unpaired) electrons. The Hall–Kier alpha value is -0.570. The maximum Gasteiger partial charge on any atom is 0.309 e. The van der Waals surface area contributed by atoms with Crippen LogP contribution in [0.25, 0.3) is 0 Å². The van der Waals surface area contributed by atoms with E-state index in [2.05, 4.69) is 0 Å². The second kappa shape index (κ2) is 2.73. The molecule has 1 spiro atoms. The van der Waals surface area contributed by atoms with Gasteiger partial charge in [0.05, 0.1) is 19.1 Å². The summed E-state index contributed by atoms with van der Waals surface area (Å²) in [6, 6.07) is 0. The molecule has 1 aliphatic carbocycles. The molecule has 2 fully saturated rings. The van der Waals surface area contributed by atoms with Crippen LogP contribution in [0.2, 0.25) is 0 Å². The van der Waals surface area contributed by atoms with Crippen LogP contribution in [0.4, 0.5) is 0 Å². The number of hydrogen-bond donors (Lipinski definition) is 0. The van der Waals surface area contributed by atoms with E-state index in [4.69, 9.17) is 9.47 Å². The largest absolute Gasteiger partial charge is 0.466 e. The van der Waals surface area contributed by atoms with E-state index in [9.17, 15) is 4.79 Å². The summed E-state index contributed by atoms with van der Waals surface area (Å²) < 4.78 is 10.2. The van der Waals surface area contributed by atoms with E-state index in [0.29, 0.717) is 6.61 Å². The molecule has 1 saturated heterocycles. The van der Waals surface area contributed by atoms with Crippen molar-refractivity contribution in [1.82, 2.24) is 0 Å². The molecule has 0 aromatic rings. The van der Waals surface area contributed by atoms with Gasteiger partial charge in [0.25, 0.3) is 0 Å². The van der Waals surface area contributed by atoms with Crippen molar-refractivity contribution in [1.29, 1.82) is 0 Å². The second-order valence-electron chi connectivity index (χ2n) is 3.67. The molecule has 1 saturated carbocycles. The summed E-state index contributed by atoms with van der Waals surface area (Å²) in [7, 11) is 0. The van der Waals surface area contributed by atoms with Gasteiger partial charge in [-0.25, -0.2) is 0 Å². The fourth-order valence-electron chi connectivity index (χ4n) is 1.98. The van der Waals surface area contributed by atoms with Crippen molar-refractivity contribution in [3.63, 3.8) is 0 Å². The van der Waals surface area contributed by atoms with Gasteiger partial charge in [-0.3, -0.25) is 4.79 Å². The molecule has 3 heteroatoms. The average molecular weight is 170 g/mol. The Balaban J connectivity index is 1.89. The smallest absolute Gasteiger partial charge is 0.309 e. The summed E-state index contributed by atoms with van der Waals surface area (Å²) in [4.78, 5) is 11.3. The minimum absolute atomic E-state index is 0.0250. The Morgan fingerprint density at radius 3 is 3.17 bits per heavy atom. The van der Waals surface area contributed by atoms with Crippen molar-refractivity contribution in [3.8, 4) is 0 Å². The van der Waals surface area contributed by atoms with Gasteiger partial charge in [0.1, 0.15) is 0 Å². The van der Waals surface area contributed by atoms with E-state index < -0.39 is 0 Å². The predicted molar refractivity (Wildman–Crippen MR) is 42.6 cm³/mol. The van der Waals surface area contributed by atoms with Gasteiger partial charge in [0, 0.05) is 12.0 Å². The molecule has 2 aliphatic rings. The highest BCUT2D eigenvalue weighted by molar-refractivity contribution is 5.77. The van der Waals surface area contributed by atoms with Gasteiger partial charge in [-0.15, -0.1) is 0 Å². The summed E-state index contributed by atoms with van der Waals surface area (Å²) >= 11 is 0. The van der Waals surface area contributed by atoms with E-state index >= 15 is 0 Å². The monoisotopic (exact) mass is 170 g/mol. The fourth-order valence-corrected chi connectivity index (χ4v) is 1.98. The summed E-state index contributed by atoms with van der Waals surface area (Å²) in [5.41, 5.74) is 0.187. The van der Waals surface area contributed by atoms with Crippen LogP contribution in [0, 0.1) is 11.3 Å². The SMILES string of the molecule is CCOC(=O)C1CC12CCOC2. The van der Waals surface area contributed by atoms with Crippen LogP contribution in [-0.2, 0) is 14.3 Å². The van der Waals surface area contributed by atoms with Crippen molar-refractivity contribution in [2.75, 3.05) is 19.8 Å². The van der Waals surface area contributed by atoms with Crippen LogP contribution in [0.1, 0.15) is 19.8 Å². The fraction of sp³-hybridized carbons (Fsp3) is 0.889. The highest BCUT2D eigenvalue weighted by Gasteiger charge is 2.60. The van der Waals surface area contributed by atoms with Crippen molar-refractivity contribution < 1.29 is 14.3 Å². The Kier molecular flexibility index (Phi) is 1.83. The first-order valence-electron chi connectivity index (χ1n) is 4.53. The highest BCUT2D eigenvalue weighted by Crippen LogP contribution is 2.58. The molecule has 1 heterocycles. The molecule has 0 bridgehead atoms. The van der Waals surface area contributed by atoms with E-state index in [1.54, 1.807) is 0 Å². The van der Waals surface area contributed by atoms with Crippen molar-refractivity contribution >= 4 is 5.97 Å². The van der Waals surface area contributed by atoms with Gasteiger partial charge in [-0.1, -0.05) is 0 Å². The topological polar surface area (TPSA) is 35.5 Å². The number of hydrogen-bond acceptors (Lipinski definition) is 3. The van der Waals surface area contributed by atoms with Crippen LogP contribution < -0.4 is 0 Å². The molecule has 68 valence electrons. The van der Waals surface area contributed by atoms with E-state index in [0.717, 1.165) is 26.1 Å². The molecule has 0 aromatic heterocycles. The lowest BCUT2D eigenvalue weighted by molar-refractivity contribution is -0.145. The van der Waals surface area contributed by atoms with Gasteiger partial charge in [-0.2, -0.15) is 0 Å². The Labute approximate surface area is 72.0 Å². The van der Waals surface area contributed by atoms with Crippen LogP contribution in [0.5, 0.6) is 0 Å². The standard InChI is InChI=1S/C9H14O3/c1-2-12-8(10)7-5-9(7)3-4-11-6-9/h7H,2-6H2,1H3. The number of rotatable bonds is 2. The summed E-state index contributed by atoms with van der Waals surface area (Å²) in [5, 5.41) is 0. The Morgan fingerprint density at radius 1 is 1.75 bits per heavy atom. The quantitative estimate of drug-likeness (QED) is 0.579. The Bertz CT molecular complexity index is 194. The molecule has 2 atom stereocenters. The van der Waals surface area contributed by atoms with Gasteiger partial charge < -0.3 is 9.47 Å². The molecule has 12 heavy (non-hydrogen) atoms. The number of ether oxygens (including phenoxy) is 2. The third-order valence-corrected chi connectivity index (χ3v) is 2.89. The lowest BCUT2D eigenvalue weighted by Crippen LogP contribution is -2.13. The normalized spacial score (nSPS) is 38.6. The van der Waals surface area contributed by atoms with E-state index in [-0.39, 0.29) is 17.3 Å². The zero-order valence-electron chi connectivity index (χ0n) is 7.34. The minimum Gasteiger partial charge on any atom is -0.466 e. The number of esters is 1. The second-order valence-corrected chi connectivity index (χ2v) is 3.67. The minimum atomic E-state index is -0.0250. The molecule has 2 rings (SSSR count). The van der Waals surface area contributed by atoms with Gasteiger partial charge in [0.2, 0.25) is 0 Å². The maximum atomic E-state index is 11.3. The summed E-state index contributed by atoms with van der Waals surface area (Å²) in [5.74, 6) is 0.114. The molecular formula is C9H14O3. The van der Waals surface area contributed by atoms with Crippen LogP contribution in [-0.4, -0.2) is 25.8 Å².